The third-order valence-corrected chi connectivity index (χ3v) is 6.71. The zero-order valence-electron chi connectivity index (χ0n) is 17.0. The first-order valence-electron chi connectivity index (χ1n) is 9.15. The van der Waals surface area contributed by atoms with Gasteiger partial charge >= 0.3 is 29.0 Å². The van der Waals surface area contributed by atoms with Crippen LogP contribution >= 0.6 is 23.0 Å². The molecule has 0 saturated heterocycles. The van der Waals surface area contributed by atoms with Crippen LogP contribution in [0, 0.1) is 0 Å². The van der Waals surface area contributed by atoms with Gasteiger partial charge in [-0.25, -0.2) is 9.36 Å². The lowest BCUT2D eigenvalue weighted by Crippen LogP contribution is -2.05. The molecular weight excluding hydrogens is 465 g/mol. The first kappa shape index (κ1) is 31.8. The van der Waals surface area contributed by atoms with Gasteiger partial charge in [0.1, 0.15) is 0 Å². The van der Waals surface area contributed by atoms with Gasteiger partial charge < -0.3 is 34.1 Å². The minimum absolute atomic E-state index is 0.109. The van der Waals surface area contributed by atoms with Gasteiger partial charge in [-0.2, -0.15) is 0 Å². The van der Waals surface area contributed by atoms with E-state index in [9.17, 15) is 18.5 Å². The van der Waals surface area contributed by atoms with Crippen molar-refractivity contribution in [3.8, 4) is 0 Å². The number of carbonyl (C=O) groups excluding carboxylic acids is 1. The lowest BCUT2D eigenvalue weighted by molar-refractivity contribution is -0.139. The summed E-state index contributed by atoms with van der Waals surface area (Å²) in [6, 6.07) is 0. The molecule has 15 heteroatoms. The second kappa shape index (κ2) is 16.3. The average molecular weight is 498 g/mol. The SMILES string of the molecule is C=C(C)C(=O)OCCCCCCCCCCOP(=O)(O)O.O=P(O)(O)CP(=O)(O)O. The van der Waals surface area contributed by atoms with Crippen LogP contribution in [-0.2, 0) is 27.8 Å². The molecule has 180 valence electrons. The van der Waals surface area contributed by atoms with Crippen molar-refractivity contribution in [2.75, 3.05) is 19.1 Å². The molecule has 12 nitrogen and oxygen atoms in total. The Kier molecular flexibility index (Phi) is 17.3. The summed E-state index contributed by atoms with van der Waals surface area (Å²) in [6.45, 7) is 5.70. The molecule has 0 aromatic rings. The van der Waals surface area contributed by atoms with Gasteiger partial charge in [-0.3, -0.25) is 13.7 Å². The first-order chi connectivity index (χ1) is 13.5. The number of rotatable bonds is 15. The highest BCUT2D eigenvalue weighted by Crippen LogP contribution is 2.51. The summed E-state index contributed by atoms with van der Waals surface area (Å²) in [5.41, 5.74) is 0.428. The predicted octanol–water partition coefficient (Wildman–Crippen LogP) is 2.64. The first-order valence-corrected chi connectivity index (χ1v) is 14.3. The van der Waals surface area contributed by atoms with E-state index in [2.05, 4.69) is 11.1 Å². The number of esters is 1. The Morgan fingerprint density at radius 2 is 1.10 bits per heavy atom. The molecule has 0 aromatic heterocycles. The Balaban J connectivity index is 0. The van der Waals surface area contributed by atoms with Crippen LogP contribution in [0.5, 0.6) is 0 Å². The van der Waals surface area contributed by atoms with Gasteiger partial charge in [0, 0.05) is 5.57 Å². The summed E-state index contributed by atoms with van der Waals surface area (Å²) in [4.78, 5) is 59.9. The molecule has 0 unspecified atom stereocenters. The van der Waals surface area contributed by atoms with Crippen LogP contribution in [-0.4, -0.2) is 54.4 Å². The maximum absolute atomic E-state index is 11.1. The van der Waals surface area contributed by atoms with Crippen molar-refractivity contribution in [1.82, 2.24) is 0 Å². The Morgan fingerprint density at radius 3 is 1.40 bits per heavy atom. The van der Waals surface area contributed by atoms with Gasteiger partial charge in [-0.1, -0.05) is 45.1 Å². The van der Waals surface area contributed by atoms with Gasteiger partial charge in [-0.05, 0) is 19.8 Å². The quantitative estimate of drug-likeness (QED) is 0.0833. The maximum Gasteiger partial charge on any atom is 0.469 e. The average Bonchev–Trinajstić information content (AvgIpc) is 2.51. The van der Waals surface area contributed by atoms with E-state index in [1.807, 2.05) is 0 Å². The van der Waals surface area contributed by atoms with E-state index in [1.165, 1.54) is 0 Å². The highest BCUT2D eigenvalue weighted by Gasteiger charge is 2.26. The van der Waals surface area contributed by atoms with Crippen LogP contribution in [0.15, 0.2) is 12.2 Å². The standard InChI is InChI=1S/C14H27O6P.CH6O6P2/c1-13(2)14(15)19-11-9-7-5-3-4-6-8-10-12-20-21(16,17)18;2-8(3,4)1-9(5,6)7/h1,3-12H2,2H3,(H2,16,17,18);1H2,(H2,2,3,4)(H2,5,6,7). The molecular formula is C15H33O12P3. The molecule has 0 saturated carbocycles. The summed E-state index contributed by atoms with van der Waals surface area (Å²) in [5, 5.41) is 0. The van der Waals surface area contributed by atoms with E-state index in [4.69, 9.17) is 34.1 Å². The fourth-order valence-corrected chi connectivity index (χ4v) is 4.26. The zero-order chi connectivity index (χ0) is 23.8. The van der Waals surface area contributed by atoms with E-state index in [-0.39, 0.29) is 12.6 Å². The number of hydrogen-bond acceptors (Lipinski definition) is 6. The molecule has 0 bridgehead atoms. The van der Waals surface area contributed by atoms with Crippen molar-refractivity contribution in [3.63, 3.8) is 0 Å². The molecule has 6 N–H and O–H groups in total. The van der Waals surface area contributed by atoms with Crippen molar-refractivity contribution >= 4 is 29.0 Å². The molecule has 0 atom stereocenters. The summed E-state index contributed by atoms with van der Waals surface area (Å²) in [7, 11) is -13.4. The molecule has 0 heterocycles. The molecule has 0 aliphatic rings. The number of unbranched alkanes of at least 4 members (excludes halogenated alkanes) is 7. The third kappa shape index (κ3) is 29.8. The summed E-state index contributed by atoms with van der Waals surface area (Å²) in [5.74, 6) is -1.70. The second-order valence-corrected chi connectivity index (χ2v) is 11.6. The summed E-state index contributed by atoms with van der Waals surface area (Å²) < 4.78 is 39.4. The number of carbonyl (C=O) groups is 1. The van der Waals surface area contributed by atoms with Crippen LogP contribution in [0.3, 0.4) is 0 Å². The van der Waals surface area contributed by atoms with Gasteiger partial charge in [0.2, 0.25) is 0 Å². The monoisotopic (exact) mass is 498 g/mol. The summed E-state index contributed by atoms with van der Waals surface area (Å²) >= 11 is 0. The normalized spacial score (nSPS) is 12.1. The largest absolute Gasteiger partial charge is 0.469 e. The molecule has 0 spiro atoms. The topological polar surface area (TPSA) is 208 Å². The van der Waals surface area contributed by atoms with Crippen molar-refractivity contribution in [1.29, 1.82) is 0 Å². The Morgan fingerprint density at radius 1 is 0.733 bits per heavy atom. The van der Waals surface area contributed by atoms with Crippen molar-refractivity contribution in [2.45, 2.75) is 58.3 Å². The minimum Gasteiger partial charge on any atom is -0.462 e. The highest BCUT2D eigenvalue weighted by atomic mass is 31.2. The minimum atomic E-state index is -4.55. The highest BCUT2D eigenvalue weighted by molar-refractivity contribution is 7.69. The fourth-order valence-electron chi connectivity index (χ4n) is 1.98. The Hall–Kier alpha value is -0.380. The van der Waals surface area contributed by atoms with E-state index in [1.54, 1.807) is 6.92 Å². The van der Waals surface area contributed by atoms with Crippen LogP contribution in [0.25, 0.3) is 0 Å². The van der Waals surface area contributed by atoms with E-state index < -0.39 is 28.9 Å². The van der Waals surface area contributed by atoms with Gasteiger partial charge in [0.25, 0.3) is 0 Å². The lowest BCUT2D eigenvalue weighted by Gasteiger charge is -2.05. The maximum atomic E-state index is 11.1. The van der Waals surface area contributed by atoms with E-state index >= 15 is 0 Å². The molecule has 0 radical (unpaired) electrons. The van der Waals surface area contributed by atoms with Crippen molar-refractivity contribution in [3.05, 3.63) is 12.2 Å². The van der Waals surface area contributed by atoms with Crippen LogP contribution in [0.2, 0.25) is 0 Å². The van der Waals surface area contributed by atoms with Crippen LogP contribution < -0.4 is 0 Å². The molecule has 0 aliphatic carbocycles. The van der Waals surface area contributed by atoms with Crippen LogP contribution in [0.4, 0.5) is 0 Å². The number of hydrogen-bond donors (Lipinski definition) is 6. The zero-order valence-corrected chi connectivity index (χ0v) is 19.6. The predicted molar refractivity (Wildman–Crippen MR) is 110 cm³/mol. The van der Waals surface area contributed by atoms with Crippen molar-refractivity contribution < 1.29 is 57.1 Å². The van der Waals surface area contributed by atoms with Crippen LogP contribution in [0.1, 0.15) is 58.3 Å². The van der Waals surface area contributed by atoms with Gasteiger partial charge in [0.05, 0.1) is 13.2 Å². The van der Waals surface area contributed by atoms with Gasteiger partial charge in [-0.15, -0.1) is 0 Å². The third-order valence-electron chi connectivity index (χ3n) is 3.25. The Labute approximate surface area is 176 Å². The molecule has 0 aromatic carbocycles. The molecule has 0 amide bonds. The lowest BCUT2D eigenvalue weighted by atomic mass is 10.1. The van der Waals surface area contributed by atoms with Gasteiger partial charge in [0.15, 0.2) is 5.90 Å². The van der Waals surface area contributed by atoms with E-state index in [0.29, 0.717) is 18.6 Å². The molecule has 30 heavy (non-hydrogen) atoms. The van der Waals surface area contributed by atoms with Crippen molar-refractivity contribution in [2.24, 2.45) is 0 Å². The number of ether oxygens (including phenoxy) is 1. The smallest absolute Gasteiger partial charge is 0.462 e. The fraction of sp³-hybridized carbons (Fsp3) is 0.800. The number of phosphoric acid groups is 1. The molecule has 0 aliphatic heterocycles. The molecule has 0 fully saturated rings. The summed E-state index contributed by atoms with van der Waals surface area (Å²) in [6.07, 6.45) is 7.84. The number of phosphoric ester groups is 1. The van der Waals surface area contributed by atoms with E-state index in [0.717, 1.165) is 44.9 Å². The molecule has 0 rings (SSSR count). The Bertz CT molecular complexity index is 613. The second-order valence-electron chi connectivity index (χ2n) is 6.54.